The Morgan fingerprint density at radius 2 is 1.74 bits per heavy atom. The van der Waals surface area contributed by atoms with Gasteiger partial charge in [-0.05, 0) is 29.3 Å². The van der Waals surface area contributed by atoms with Crippen LogP contribution in [0.4, 0.5) is 11.4 Å². The highest BCUT2D eigenvalue weighted by Crippen LogP contribution is 2.27. The van der Waals surface area contributed by atoms with Crippen molar-refractivity contribution in [3.63, 3.8) is 0 Å². The van der Waals surface area contributed by atoms with Gasteiger partial charge in [0.1, 0.15) is 0 Å². The van der Waals surface area contributed by atoms with Gasteiger partial charge in [0.2, 0.25) is 0 Å². The van der Waals surface area contributed by atoms with Gasteiger partial charge in [0.05, 0.1) is 21.4 Å². The first-order valence-electron chi connectivity index (χ1n) is 5.34. The Bertz CT molecular complexity index is 676. The van der Waals surface area contributed by atoms with Crippen LogP contribution in [-0.2, 0) is 0 Å². The number of halogens is 2. The summed E-state index contributed by atoms with van der Waals surface area (Å²) in [7, 11) is 0. The summed E-state index contributed by atoms with van der Waals surface area (Å²) in [5, 5.41) is 4.53. The minimum Gasteiger partial charge on any atom is -0.256 e. The third kappa shape index (κ3) is 3.48. The third-order valence-electron chi connectivity index (χ3n) is 2.33. The molecule has 0 unspecified atom stereocenters. The van der Waals surface area contributed by atoms with E-state index in [2.05, 4.69) is 15.0 Å². The summed E-state index contributed by atoms with van der Waals surface area (Å²) in [5.41, 5.74) is 10.3. The lowest BCUT2D eigenvalue weighted by Gasteiger charge is -1.99. The zero-order valence-corrected chi connectivity index (χ0v) is 11.2. The summed E-state index contributed by atoms with van der Waals surface area (Å²) in [6.45, 7) is 0. The van der Waals surface area contributed by atoms with Gasteiger partial charge in [-0.1, -0.05) is 52.6 Å². The topological polar surface area (TPSA) is 61.1 Å². The fraction of sp³-hybridized carbons (Fsp3) is 0. The molecule has 94 valence electrons. The Balaban J connectivity index is 2.32. The Labute approximate surface area is 119 Å². The minimum absolute atomic E-state index is 0.467. The molecule has 0 aliphatic rings. The smallest absolute Gasteiger partial charge is 0.0725 e. The van der Waals surface area contributed by atoms with Crippen molar-refractivity contribution in [1.29, 1.82) is 0 Å². The van der Waals surface area contributed by atoms with E-state index in [-0.39, 0.29) is 0 Å². The second-order valence-electron chi connectivity index (χ2n) is 3.61. The third-order valence-corrected chi connectivity index (χ3v) is 3.07. The van der Waals surface area contributed by atoms with Gasteiger partial charge in [0, 0.05) is 11.1 Å². The summed E-state index contributed by atoms with van der Waals surface area (Å²) in [6.07, 6.45) is 1.63. The van der Waals surface area contributed by atoms with E-state index >= 15 is 0 Å². The monoisotopic (exact) mass is 290 g/mol. The number of rotatable bonds is 3. The quantitative estimate of drug-likeness (QED) is 0.302. The van der Waals surface area contributed by atoms with Crippen molar-refractivity contribution in [3.8, 4) is 0 Å². The minimum atomic E-state index is 0.467. The molecule has 0 spiro atoms. The molecular weight excluding hydrogens is 283 g/mol. The van der Waals surface area contributed by atoms with Crippen LogP contribution in [0.1, 0.15) is 5.56 Å². The van der Waals surface area contributed by atoms with Crippen molar-refractivity contribution >= 4 is 40.8 Å². The molecule has 4 nitrogen and oxygen atoms in total. The molecule has 0 aromatic heterocycles. The summed E-state index contributed by atoms with van der Waals surface area (Å²) in [4.78, 5) is 7.03. The first kappa shape index (κ1) is 13.4. The highest BCUT2D eigenvalue weighted by atomic mass is 35.5. The normalized spacial score (nSPS) is 10.4. The van der Waals surface area contributed by atoms with Crippen molar-refractivity contribution in [2.24, 2.45) is 10.1 Å². The zero-order chi connectivity index (χ0) is 13.7. The van der Waals surface area contributed by atoms with Gasteiger partial charge < -0.3 is 0 Å². The van der Waals surface area contributed by atoms with Crippen molar-refractivity contribution in [3.05, 3.63) is 68.5 Å². The molecule has 6 heteroatoms. The van der Waals surface area contributed by atoms with Crippen LogP contribution >= 0.6 is 23.2 Å². The van der Waals surface area contributed by atoms with E-state index in [1.165, 1.54) is 0 Å². The maximum atomic E-state index is 8.47. The first-order chi connectivity index (χ1) is 9.20. The lowest BCUT2D eigenvalue weighted by Crippen LogP contribution is -1.80. The number of azide groups is 1. The zero-order valence-electron chi connectivity index (χ0n) is 9.66. The summed E-state index contributed by atoms with van der Waals surface area (Å²) in [6, 6.07) is 12.3. The molecule has 0 saturated carbocycles. The molecule has 0 saturated heterocycles. The second kappa shape index (κ2) is 6.25. The maximum Gasteiger partial charge on any atom is 0.0725 e. The van der Waals surface area contributed by atoms with E-state index < -0.39 is 0 Å². The van der Waals surface area contributed by atoms with Gasteiger partial charge in [0.15, 0.2) is 0 Å². The Morgan fingerprint density at radius 1 is 1.00 bits per heavy atom. The van der Waals surface area contributed by atoms with Crippen LogP contribution in [0.5, 0.6) is 0 Å². The van der Waals surface area contributed by atoms with Gasteiger partial charge in [-0.25, -0.2) is 0 Å². The molecule has 0 heterocycles. The fourth-order valence-corrected chi connectivity index (χ4v) is 1.75. The first-order valence-corrected chi connectivity index (χ1v) is 6.09. The van der Waals surface area contributed by atoms with E-state index in [1.807, 2.05) is 6.07 Å². The molecule has 0 aliphatic heterocycles. The molecule has 0 atom stereocenters. The van der Waals surface area contributed by atoms with Gasteiger partial charge in [-0.3, -0.25) is 4.99 Å². The molecule has 0 aliphatic carbocycles. The maximum absolute atomic E-state index is 8.47. The predicted molar refractivity (Wildman–Crippen MR) is 79.0 cm³/mol. The molecule has 2 aromatic rings. The lowest BCUT2D eigenvalue weighted by atomic mass is 10.2. The summed E-state index contributed by atoms with van der Waals surface area (Å²) < 4.78 is 0. The molecule has 2 rings (SSSR count). The van der Waals surface area contributed by atoms with Crippen LogP contribution in [0.3, 0.4) is 0 Å². The number of hydrogen-bond acceptors (Lipinski definition) is 2. The number of hydrogen-bond donors (Lipinski definition) is 0. The van der Waals surface area contributed by atoms with Crippen LogP contribution in [-0.4, -0.2) is 6.21 Å². The molecule has 0 radical (unpaired) electrons. The van der Waals surface area contributed by atoms with Crippen LogP contribution in [0, 0.1) is 0 Å². The lowest BCUT2D eigenvalue weighted by molar-refractivity contribution is 1.42. The number of nitrogens with zero attached hydrogens (tertiary/aromatic N) is 4. The summed E-state index contributed by atoms with van der Waals surface area (Å²) >= 11 is 11.7. The molecule has 0 fully saturated rings. The predicted octanol–water partition coefficient (Wildman–Crippen LogP) is 5.69. The van der Waals surface area contributed by atoms with E-state index in [4.69, 9.17) is 28.7 Å². The Morgan fingerprint density at radius 3 is 2.42 bits per heavy atom. The molecular formula is C13H8Cl2N4. The standard InChI is InChI=1S/C13H8Cl2N4/c14-10-6-5-9(7-11(10)15)8-17-12-3-1-2-4-13(12)18-19-16/h1-8H. The SMILES string of the molecule is [N-]=[N+]=Nc1ccccc1N=Cc1ccc(Cl)c(Cl)c1. The molecule has 0 amide bonds. The van der Waals surface area contributed by atoms with Crippen LogP contribution in [0.2, 0.25) is 10.0 Å². The molecule has 0 bridgehead atoms. The number of benzene rings is 2. The van der Waals surface area contributed by atoms with E-state index in [0.29, 0.717) is 21.4 Å². The summed E-state index contributed by atoms with van der Waals surface area (Å²) in [5.74, 6) is 0. The average molecular weight is 291 g/mol. The van der Waals surface area contributed by atoms with Gasteiger partial charge in [-0.15, -0.1) is 0 Å². The second-order valence-corrected chi connectivity index (χ2v) is 4.42. The number of para-hydroxylation sites is 1. The van der Waals surface area contributed by atoms with Gasteiger partial charge in [-0.2, -0.15) is 0 Å². The average Bonchev–Trinajstić information content (AvgIpc) is 2.42. The van der Waals surface area contributed by atoms with Gasteiger partial charge in [0.25, 0.3) is 0 Å². The van der Waals surface area contributed by atoms with Crippen molar-refractivity contribution in [2.75, 3.05) is 0 Å². The van der Waals surface area contributed by atoms with E-state index in [0.717, 1.165) is 5.56 Å². The van der Waals surface area contributed by atoms with E-state index in [9.17, 15) is 0 Å². The van der Waals surface area contributed by atoms with Crippen LogP contribution in [0.25, 0.3) is 10.4 Å². The van der Waals surface area contributed by atoms with Crippen LogP contribution in [0.15, 0.2) is 52.6 Å². The van der Waals surface area contributed by atoms with Crippen molar-refractivity contribution < 1.29 is 0 Å². The van der Waals surface area contributed by atoms with Crippen molar-refractivity contribution in [2.45, 2.75) is 0 Å². The van der Waals surface area contributed by atoms with E-state index in [1.54, 1.807) is 42.6 Å². The highest BCUT2D eigenvalue weighted by Gasteiger charge is 1.99. The Hall–Kier alpha value is -2.00. The van der Waals surface area contributed by atoms with Gasteiger partial charge >= 0.3 is 0 Å². The Kier molecular flexibility index (Phi) is 4.42. The molecule has 2 aromatic carbocycles. The van der Waals surface area contributed by atoms with Crippen molar-refractivity contribution in [1.82, 2.24) is 0 Å². The van der Waals surface area contributed by atoms with Crippen LogP contribution < -0.4 is 0 Å². The number of aliphatic imine (C=N–C) groups is 1. The largest absolute Gasteiger partial charge is 0.256 e. The fourth-order valence-electron chi connectivity index (χ4n) is 1.44. The highest BCUT2D eigenvalue weighted by molar-refractivity contribution is 6.42. The molecule has 0 N–H and O–H groups in total. The molecule has 19 heavy (non-hydrogen) atoms.